The van der Waals surface area contributed by atoms with Crippen LogP contribution in [0.15, 0.2) is 72.3 Å². The van der Waals surface area contributed by atoms with Crippen LogP contribution in [0.5, 0.6) is 0 Å². The largest absolute Gasteiger partial charge is 0.504 e. The highest BCUT2D eigenvalue weighted by Gasteiger charge is 2.04. The molecule has 1 heterocycles. The molecule has 5 heteroatoms. The van der Waals surface area contributed by atoms with E-state index in [9.17, 15) is 15.3 Å². The molecule has 0 aromatic heterocycles. The van der Waals surface area contributed by atoms with Gasteiger partial charge in [-0.05, 0) is 24.3 Å². The predicted molar refractivity (Wildman–Crippen MR) is 61.7 cm³/mol. The summed E-state index contributed by atoms with van der Waals surface area (Å²) in [7, 11) is 0. The van der Waals surface area contributed by atoms with E-state index in [2.05, 4.69) is 9.78 Å². The fraction of sp³-hybridized carbons (Fsp3) is 0. The average molecular weight is 236 g/mol. The first-order chi connectivity index (χ1) is 8.22. The second-order valence-electron chi connectivity index (χ2n) is 2.88. The van der Waals surface area contributed by atoms with Crippen molar-refractivity contribution in [1.29, 1.82) is 0 Å². The van der Waals surface area contributed by atoms with E-state index in [1.54, 1.807) is 18.2 Å². The molecule has 0 fully saturated rings. The summed E-state index contributed by atoms with van der Waals surface area (Å²) in [6, 6.07) is 0. The molecular formula is C12H12O5. The molecule has 1 aliphatic heterocycles. The van der Waals surface area contributed by atoms with Crippen LogP contribution < -0.4 is 0 Å². The summed E-state index contributed by atoms with van der Waals surface area (Å²) in [5.74, 6) is -1.58. The van der Waals surface area contributed by atoms with Crippen LogP contribution in [0.25, 0.3) is 0 Å². The van der Waals surface area contributed by atoms with Crippen molar-refractivity contribution in [2.24, 2.45) is 0 Å². The number of hydrogen-bond acceptors (Lipinski definition) is 5. The van der Waals surface area contributed by atoms with Gasteiger partial charge >= 0.3 is 0 Å². The van der Waals surface area contributed by atoms with Crippen molar-refractivity contribution < 1.29 is 25.1 Å². The molecule has 0 unspecified atom stereocenters. The molecule has 1 aliphatic rings. The smallest absolute Gasteiger partial charge is 0.200 e. The lowest BCUT2D eigenvalue weighted by atomic mass is 10.3. The second-order valence-corrected chi connectivity index (χ2v) is 2.88. The lowest BCUT2D eigenvalue weighted by Gasteiger charge is -1.99. The molecular weight excluding hydrogens is 224 g/mol. The molecule has 0 aromatic rings. The molecule has 17 heavy (non-hydrogen) atoms. The zero-order valence-electron chi connectivity index (χ0n) is 8.85. The minimum absolute atomic E-state index is 0.449. The minimum Gasteiger partial charge on any atom is -0.504 e. The van der Waals surface area contributed by atoms with Crippen molar-refractivity contribution in [2.75, 3.05) is 0 Å². The molecule has 0 amide bonds. The molecule has 0 spiro atoms. The van der Waals surface area contributed by atoms with Gasteiger partial charge in [-0.2, -0.15) is 0 Å². The van der Waals surface area contributed by atoms with Crippen LogP contribution in [-0.2, 0) is 9.78 Å². The van der Waals surface area contributed by atoms with E-state index >= 15 is 0 Å². The fourth-order valence-corrected chi connectivity index (χ4v) is 0.868. The van der Waals surface area contributed by atoms with Crippen LogP contribution in [0.3, 0.4) is 0 Å². The Morgan fingerprint density at radius 1 is 0.765 bits per heavy atom. The maximum Gasteiger partial charge on any atom is 0.200 e. The maximum absolute atomic E-state index is 9.37. The Kier molecular flexibility index (Phi) is 5.03. The highest BCUT2D eigenvalue weighted by atomic mass is 17.2. The summed E-state index contributed by atoms with van der Waals surface area (Å²) in [4.78, 5) is 9.14. The van der Waals surface area contributed by atoms with E-state index in [4.69, 9.17) is 0 Å². The zero-order valence-corrected chi connectivity index (χ0v) is 8.85. The maximum atomic E-state index is 9.37. The van der Waals surface area contributed by atoms with Gasteiger partial charge in [-0.1, -0.05) is 18.2 Å². The van der Waals surface area contributed by atoms with Gasteiger partial charge in [0.15, 0.2) is 17.3 Å². The van der Waals surface area contributed by atoms with Gasteiger partial charge in [0.1, 0.15) is 12.5 Å². The standard InChI is InChI=1S/C12H12O5/c13-10-6-3-1-2-4-8-16-17-9-5-7-11(14)12(10)15/h1-9,13-15H. The topological polar surface area (TPSA) is 79.2 Å². The van der Waals surface area contributed by atoms with Gasteiger partial charge in [0.2, 0.25) is 0 Å². The number of aliphatic hydroxyl groups is 3. The van der Waals surface area contributed by atoms with Crippen molar-refractivity contribution in [3.8, 4) is 0 Å². The van der Waals surface area contributed by atoms with E-state index in [0.717, 1.165) is 12.3 Å². The van der Waals surface area contributed by atoms with Crippen LogP contribution >= 0.6 is 0 Å². The zero-order chi connectivity index (χ0) is 12.5. The molecule has 5 nitrogen and oxygen atoms in total. The van der Waals surface area contributed by atoms with Gasteiger partial charge in [-0.3, -0.25) is 9.78 Å². The third-order valence-corrected chi connectivity index (χ3v) is 1.65. The number of hydrogen-bond donors (Lipinski definition) is 3. The van der Waals surface area contributed by atoms with Crippen LogP contribution in [-0.4, -0.2) is 15.3 Å². The van der Waals surface area contributed by atoms with Crippen molar-refractivity contribution in [1.82, 2.24) is 0 Å². The quantitative estimate of drug-likeness (QED) is 0.563. The lowest BCUT2D eigenvalue weighted by molar-refractivity contribution is -0.195. The summed E-state index contributed by atoms with van der Waals surface area (Å²) >= 11 is 0. The Morgan fingerprint density at radius 3 is 2.18 bits per heavy atom. The van der Waals surface area contributed by atoms with E-state index < -0.39 is 17.3 Å². The normalized spacial score (nSPS) is 17.1. The number of aliphatic hydroxyl groups excluding tert-OH is 3. The van der Waals surface area contributed by atoms with Crippen LogP contribution in [0.1, 0.15) is 0 Å². The Labute approximate surface area is 98.1 Å². The number of allylic oxidation sites excluding steroid dienone is 7. The summed E-state index contributed by atoms with van der Waals surface area (Å²) < 4.78 is 0. The summed E-state index contributed by atoms with van der Waals surface area (Å²) in [6.07, 6.45) is 12.4. The van der Waals surface area contributed by atoms with Crippen LogP contribution in [0, 0.1) is 0 Å². The molecule has 0 aliphatic carbocycles. The first kappa shape index (κ1) is 12.5. The third-order valence-electron chi connectivity index (χ3n) is 1.65. The first-order valence-corrected chi connectivity index (χ1v) is 4.72. The fourth-order valence-electron chi connectivity index (χ4n) is 0.868. The molecule has 0 atom stereocenters. The van der Waals surface area contributed by atoms with Crippen LogP contribution in [0.2, 0.25) is 0 Å². The second kappa shape index (κ2) is 6.84. The van der Waals surface area contributed by atoms with Crippen molar-refractivity contribution in [3.05, 3.63) is 72.3 Å². The average Bonchev–Trinajstić information content (AvgIpc) is 2.33. The van der Waals surface area contributed by atoms with E-state index in [0.29, 0.717) is 0 Å². The third kappa shape index (κ3) is 4.65. The molecule has 0 saturated heterocycles. The van der Waals surface area contributed by atoms with Crippen molar-refractivity contribution >= 4 is 0 Å². The van der Waals surface area contributed by atoms with Crippen molar-refractivity contribution in [2.45, 2.75) is 0 Å². The van der Waals surface area contributed by atoms with Crippen LogP contribution in [0.4, 0.5) is 0 Å². The molecule has 1 rings (SSSR count). The van der Waals surface area contributed by atoms with Gasteiger partial charge in [0, 0.05) is 0 Å². The molecule has 0 bridgehead atoms. The lowest BCUT2D eigenvalue weighted by Crippen LogP contribution is -1.92. The van der Waals surface area contributed by atoms with Gasteiger partial charge in [0.25, 0.3) is 0 Å². The van der Waals surface area contributed by atoms with E-state index in [1.165, 1.54) is 24.5 Å². The summed E-state index contributed by atoms with van der Waals surface area (Å²) in [6.45, 7) is 0. The summed E-state index contributed by atoms with van der Waals surface area (Å²) in [5, 5.41) is 28.1. The highest BCUT2D eigenvalue weighted by molar-refractivity contribution is 5.30. The van der Waals surface area contributed by atoms with Crippen molar-refractivity contribution in [3.63, 3.8) is 0 Å². The molecule has 0 aromatic carbocycles. The Hall–Kier alpha value is -2.56. The molecule has 0 saturated carbocycles. The molecule has 90 valence electrons. The Balaban J connectivity index is 2.96. The predicted octanol–water partition coefficient (Wildman–Crippen LogP) is 2.86. The highest BCUT2D eigenvalue weighted by Crippen LogP contribution is 2.09. The Bertz CT molecular complexity index is 424. The van der Waals surface area contributed by atoms with Gasteiger partial charge in [-0.25, -0.2) is 0 Å². The molecule has 0 radical (unpaired) electrons. The SMILES string of the molecule is OC1=CC=COOC=CC=CC=CC(O)=C1O. The molecule has 3 N–H and O–H groups in total. The van der Waals surface area contributed by atoms with E-state index in [-0.39, 0.29) is 0 Å². The van der Waals surface area contributed by atoms with Gasteiger partial charge < -0.3 is 15.3 Å². The first-order valence-electron chi connectivity index (χ1n) is 4.72. The van der Waals surface area contributed by atoms with Gasteiger partial charge in [-0.15, -0.1) is 0 Å². The van der Waals surface area contributed by atoms with E-state index in [1.807, 2.05) is 0 Å². The monoisotopic (exact) mass is 236 g/mol. The van der Waals surface area contributed by atoms with Gasteiger partial charge in [0.05, 0.1) is 0 Å². The number of rotatable bonds is 0. The minimum atomic E-state index is -0.632. The Morgan fingerprint density at radius 2 is 1.41 bits per heavy atom. The summed E-state index contributed by atoms with van der Waals surface area (Å²) in [5.41, 5.74) is 0.